The molecule has 5 N–H and O–H groups in total. The zero-order valence-electron chi connectivity index (χ0n) is 9.12. The molecule has 0 fully saturated rings. The quantitative estimate of drug-likeness (QED) is 0.602. The number of halogens is 2. The summed E-state index contributed by atoms with van der Waals surface area (Å²) >= 11 is 0. The highest BCUT2D eigenvalue weighted by Crippen LogP contribution is 2.52. The average molecular weight is 279 g/mol. The van der Waals surface area contributed by atoms with Crippen LogP contribution in [0.25, 0.3) is 0 Å². The molecule has 0 spiro atoms. The Balaban J connectivity index is 2.84. The fraction of sp³-hybridized carbons (Fsp3) is 0.300. The number of carboxylic acid groups (broad SMARTS) is 1. The van der Waals surface area contributed by atoms with Crippen LogP contribution in [-0.4, -0.2) is 26.9 Å². The van der Waals surface area contributed by atoms with Crippen LogP contribution in [0.2, 0.25) is 0 Å². The zero-order chi connectivity index (χ0) is 13.9. The van der Waals surface area contributed by atoms with Gasteiger partial charge in [-0.1, -0.05) is 24.3 Å². The van der Waals surface area contributed by atoms with Gasteiger partial charge in [-0.15, -0.1) is 0 Å². The van der Waals surface area contributed by atoms with E-state index in [4.69, 9.17) is 20.6 Å². The van der Waals surface area contributed by atoms with E-state index in [2.05, 4.69) is 0 Å². The monoisotopic (exact) mass is 279 g/mol. The van der Waals surface area contributed by atoms with E-state index in [1.165, 1.54) is 12.1 Å². The molecule has 0 radical (unpaired) electrons. The lowest BCUT2D eigenvalue weighted by atomic mass is 10.0. The smallest absolute Gasteiger partial charge is 0.339 e. The highest BCUT2D eigenvalue weighted by atomic mass is 31.2. The Morgan fingerprint density at radius 1 is 1.33 bits per heavy atom. The van der Waals surface area contributed by atoms with Gasteiger partial charge in [0.05, 0.1) is 0 Å². The molecule has 0 amide bonds. The standard InChI is InChI=1S/C10H12F2NO4P/c11-10(12,18(16)17)7-3-1-6(2-4-7)5-8(13)9(14)15/h1-4,8,16-17H,5,13H2,(H,14,15). The highest BCUT2D eigenvalue weighted by Gasteiger charge is 2.40. The molecule has 1 unspecified atom stereocenters. The summed E-state index contributed by atoms with van der Waals surface area (Å²) < 4.78 is 26.4. The second kappa shape index (κ2) is 5.67. The van der Waals surface area contributed by atoms with Gasteiger partial charge in [0.25, 0.3) is 0 Å². The lowest BCUT2D eigenvalue weighted by Crippen LogP contribution is -2.32. The first-order valence-corrected chi connectivity index (χ1v) is 6.13. The van der Waals surface area contributed by atoms with Crippen LogP contribution in [0.3, 0.4) is 0 Å². The highest BCUT2D eigenvalue weighted by molar-refractivity contribution is 7.46. The van der Waals surface area contributed by atoms with Crippen molar-refractivity contribution in [3.05, 3.63) is 35.4 Å². The first-order chi connectivity index (χ1) is 8.25. The third kappa shape index (κ3) is 3.43. The summed E-state index contributed by atoms with van der Waals surface area (Å²) in [4.78, 5) is 27.7. The van der Waals surface area contributed by atoms with E-state index >= 15 is 0 Å². The Bertz CT molecular complexity index is 424. The van der Waals surface area contributed by atoms with Crippen LogP contribution in [0.15, 0.2) is 24.3 Å². The van der Waals surface area contributed by atoms with Gasteiger partial charge in [0.15, 0.2) is 0 Å². The summed E-state index contributed by atoms with van der Waals surface area (Å²) in [7, 11) is -3.41. The Morgan fingerprint density at radius 3 is 2.22 bits per heavy atom. The van der Waals surface area contributed by atoms with E-state index < -0.39 is 31.6 Å². The molecule has 0 saturated heterocycles. The van der Waals surface area contributed by atoms with Crippen LogP contribution in [0.5, 0.6) is 0 Å². The number of alkyl halides is 2. The van der Waals surface area contributed by atoms with Crippen LogP contribution < -0.4 is 5.73 Å². The molecular weight excluding hydrogens is 267 g/mol. The number of benzene rings is 1. The number of nitrogens with two attached hydrogens (primary N) is 1. The molecule has 0 aliphatic carbocycles. The van der Waals surface area contributed by atoms with Crippen molar-refractivity contribution in [2.24, 2.45) is 5.73 Å². The van der Waals surface area contributed by atoms with E-state index in [1.54, 1.807) is 0 Å². The van der Waals surface area contributed by atoms with Crippen molar-refractivity contribution in [2.45, 2.75) is 18.1 Å². The first-order valence-electron chi connectivity index (χ1n) is 4.88. The van der Waals surface area contributed by atoms with Crippen molar-refractivity contribution >= 4 is 14.3 Å². The van der Waals surface area contributed by atoms with Gasteiger partial charge >= 0.3 is 11.6 Å². The molecule has 100 valence electrons. The van der Waals surface area contributed by atoms with Gasteiger partial charge in [-0.2, -0.15) is 8.78 Å². The molecule has 5 nitrogen and oxygen atoms in total. The maximum absolute atomic E-state index is 13.2. The third-order valence-corrected chi connectivity index (χ3v) is 3.09. The third-order valence-electron chi connectivity index (χ3n) is 2.33. The van der Waals surface area contributed by atoms with Crippen molar-refractivity contribution in [1.82, 2.24) is 0 Å². The maximum Gasteiger partial charge on any atom is 0.339 e. The van der Waals surface area contributed by atoms with E-state index in [-0.39, 0.29) is 6.42 Å². The van der Waals surface area contributed by atoms with E-state index in [1.807, 2.05) is 0 Å². The van der Waals surface area contributed by atoms with Crippen LogP contribution in [-0.2, 0) is 16.9 Å². The van der Waals surface area contributed by atoms with Crippen LogP contribution >= 0.6 is 8.38 Å². The number of hydrogen-bond acceptors (Lipinski definition) is 4. The van der Waals surface area contributed by atoms with Crippen molar-refractivity contribution in [3.8, 4) is 0 Å². The van der Waals surface area contributed by atoms with Crippen molar-refractivity contribution in [1.29, 1.82) is 0 Å². The summed E-state index contributed by atoms with van der Waals surface area (Å²) in [6.45, 7) is 0. The van der Waals surface area contributed by atoms with E-state index in [0.717, 1.165) is 12.1 Å². The fourth-order valence-corrected chi connectivity index (χ4v) is 1.68. The van der Waals surface area contributed by atoms with Gasteiger partial charge in [0.1, 0.15) is 6.04 Å². The molecule has 0 aliphatic heterocycles. The summed E-state index contributed by atoms with van der Waals surface area (Å²) in [6, 6.07) is 3.50. The number of rotatable bonds is 5. The molecule has 0 saturated carbocycles. The summed E-state index contributed by atoms with van der Waals surface area (Å²) in [5.41, 5.74) is 1.53. The predicted octanol–water partition coefficient (Wildman–Crippen LogP) is 0.987. The van der Waals surface area contributed by atoms with Gasteiger partial charge in [-0.3, -0.25) is 4.79 Å². The van der Waals surface area contributed by atoms with Gasteiger partial charge < -0.3 is 20.6 Å². The first kappa shape index (κ1) is 14.9. The molecule has 1 aromatic carbocycles. The molecule has 0 bridgehead atoms. The normalized spacial score (nSPS) is 13.7. The SMILES string of the molecule is NC(Cc1ccc(C(F)(F)P(O)O)cc1)C(=O)O. The second-order valence-electron chi connectivity index (χ2n) is 3.68. The molecule has 0 heterocycles. The number of aliphatic carboxylic acids is 1. The molecule has 0 aliphatic rings. The minimum atomic E-state index is -3.71. The summed E-state index contributed by atoms with van der Waals surface area (Å²) in [5, 5.41) is 8.59. The van der Waals surface area contributed by atoms with Crippen molar-refractivity contribution in [3.63, 3.8) is 0 Å². The summed E-state index contributed by atoms with van der Waals surface area (Å²) in [5.74, 6) is -1.18. The maximum atomic E-state index is 13.2. The lowest BCUT2D eigenvalue weighted by molar-refractivity contribution is -0.138. The zero-order valence-corrected chi connectivity index (χ0v) is 10.0. The van der Waals surface area contributed by atoms with Crippen LogP contribution in [0, 0.1) is 0 Å². The van der Waals surface area contributed by atoms with E-state index in [9.17, 15) is 13.6 Å². The lowest BCUT2D eigenvalue weighted by Gasteiger charge is -2.17. The van der Waals surface area contributed by atoms with Crippen molar-refractivity contribution < 1.29 is 28.5 Å². The van der Waals surface area contributed by atoms with Crippen LogP contribution in [0.1, 0.15) is 11.1 Å². The van der Waals surface area contributed by atoms with Gasteiger partial charge in [-0.05, 0) is 12.0 Å². The van der Waals surface area contributed by atoms with Gasteiger partial charge in [-0.25, -0.2) is 0 Å². The Labute approximate surface area is 103 Å². The molecule has 1 atom stereocenters. The second-order valence-corrected chi connectivity index (χ2v) is 4.82. The Kier molecular flexibility index (Phi) is 4.70. The Morgan fingerprint density at radius 2 is 1.83 bits per heavy atom. The van der Waals surface area contributed by atoms with Gasteiger partial charge in [0.2, 0.25) is 8.38 Å². The van der Waals surface area contributed by atoms with E-state index in [0.29, 0.717) is 5.56 Å². The minimum absolute atomic E-state index is 0.00813. The molecular formula is C10H12F2NO4P. The number of carboxylic acids is 1. The van der Waals surface area contributed by atoms with Gasteiger partial charge in [0, 0.05) is 5.56 Å². The van der Waals surface area contributed by atoms with Crippen LogP contribution in [0.4, 0.5) is 8.78 Å². The molecule has 8 heteroatoms. The number of hydrogen-bond donors (Lipinski definition) is 4. The minimum Gasteiger partial charge on any atom is -0.480 e. The summed E-state index contributed by atoms with van der Waals surface area (Å²) in [6.07, 6.45) is 0.00813. The molecule has 18 heavy (non-hydrogen) atoms. The van der Waals surface area contributed by atoms with Crippen molar-refractivity contribution in [2.75, 3.05) is 0 Å². The topological polar surface area (TPSA) is 104 Å². The molecule has 0 aromatic heterocycles. The molecule has 1 aromatic rings. The largest absolute Gasteiger partial charge is 0.480 e. The number of carbonyl (C=O) groups is 1. The average Bonchev–Trinajstić information content (AvgIpc) is 2.29. The Hall–Kier alpha value is -1.14. The fourth-order valence-electron chi connectivity index (χ4n) is 1.30. The predicted molar refractivity (Wildman–Crippen MR) is 61.0 cm³/mol. The molecule has 1 rings (SSSR count).